The average Bonchev–Trinajstić information content (AvgIpc) is 3.14. The molecule has 0 bridgehead atoms. The van der Waals surface area contributed by atoms with E-state index in [1.807, 2.05) is 0 Å². The molecule has 3 N–H and O–H groups in total. The summed E-state index contributed by atoms with van der Waals surface area (Å²) >= 11 is 0. The third-order valence-electron chi connectivity index (χ3n) is 4.43. The third-order valence-corrected chi connectivity index (χ3v) is 4.43. The van der Waals surface area contributed by atoms with E-state index in [9.17, 15) is 0 Å². The molecule has 1 unspecified atom stereocenters. The first-order chi connectivity index (χ1) is 8.34. The van der Waals surface area contributed by atoms with Crippen molar-refractivity contribution >= 4 is 0 Å². The number of hydrogen-bond acceptors (Lipinski definition) is 2. The monoisotopic (exact) mass is 238 g/mol. The lowest BCUT2D eigenvalue weighted by Gasteiger charge is -2.24. The first-order valence-electron chi connectivity index (χ1n) is 7.81. The standard InChI is InChI=1S/C15H30N2/c16-15(11-14-5-2-1-3-6-14)12-17-10-4-7-13-8-9-13/h13-15,17H,1-12,16H2. The molecule has 0 spiro atoms. The van der Waals surface area contributed by atoms with Gasteiger partial charge in [0, 0.05) is 12.6 Å². The summed E-state index contributed by atoms with van der Waals surface area (Å²) < 4.78 is 0. The quantitative estimate of drug-likeness (QED) is 0.638. The van der Waals surface area contributed by atoms with E-state index in [-0.39, 0.29) is 0 Å². The Balaban J connectivity index is 1.43. The van der Waals surface area contributed by atoms with Crippen molar-refractivity contribution in [1.82, 2.24) is 5.32 Å². The zero-order valence-electron chi connectivity index (χ0n) is 11.3. The molecule has 2 saturated carbocycles. The average molecular weight is 238 g/mol. The molecule has 1 atom stereocenters. The maximum atomic E-state index is 6.20. The van der Waals surface area contributed by atoms with E-state index >= 15 is 0 Å². The Hall–Kier alpha value is -0.0800. The summed E-state index contributed by atoms with van der Waals surface area (Å²) in [4.78, 5) is 0. The normalized spacial score (nSPS) is 23.8. The van der Waals surface area contributed by atoms with E-state index in [1.54, 1.807) is 0 Å². The van der Waals surface area contributed by atoms with Gasteiger partial charge in [0.15, 0.2) is 0 Å². The summed E-state index contributed by atoms with van der Waals surface area (Å²) in [6.45, 7) is 2.20. The molecule has 0 saturated heterocycles. The topological polar surface area (TPSA) is 38.0 Å². The van der Waals surface area contributed by atoms with Crippen LogP contribution in [0.3, 0.4) is 0 Å². The Bertz CT molecular complexity index is 195. The summed E-state index contributed by atoms with van der Waals surface area (Å²) in [6.07, 6.45) is 14.2. The number of rotatable bonds is 8. The smallest absolute Gasteiger partial charge is 0.0167 e. The van der Waals surface area contributed by atoms with E-state index in [0.29, 0.717) is 6.04 Å². The van der Waals surface area contributed by atoms with Crippen LogP contribution in [0.4, 0.5) is 0 Å². The molecule has 0 amide bonds. The van der Waals surface area contributed by atoms with Gasteiger partial charge < -0.3 is 11.1 Å². The Labute approximate surface area is 107 Å². The van der Waals surface area contributed by atoms with Crippen molar-refractivity contribution in [2.75, 3.05) is 13.1 Å². The van der Waals surface area contributed by atoms with Crippen molar-refractivity contribution in [3.05, 3.63) is 0 Å². The summed E-state index contributed by atoms with van der Waals surface area (Å²) in [5.41, 5.74) is 6.20. The van der Waals surface area contributed by atoms with Gasteiger partial charge in [-0.05, 0) is 37.6 Å². The Morgan fingerprint density at radius 2 is 1.76 bits per heavy atom. The highest BCUT2D eigenvalue weighted by atomic mass is 14.9. The van der Waals surface area contributed by atoms with Gasteiger partial charge in [-0.25, -0.2) is 0 Å². The fourth-order valence-corrected chi connectivity index (χ4v) is 3.14. The fourth-order valence-electron chi connectivity index (χ4n) is 3.14. The Morgan fingerprint density at radius 1 is 1.00 bits per heavy atom. The van der Waals surface area contributed by atoms with Gasteiger partial charge in [-0.2, -0.15) is 0 Å². The van der Waals surface area contributed by atoms with Crippen molar-refractivity contribution in [3.63, 3.8) is 0 Å². The van der Waals surface area contributed by atoms with E-state index in [1.165, 1.54) is 70.8 Å². The first-order valence-corrected chi connectivity index (χ1v) is 7.81. The Kier molecular flexibility index (Phi) is 5.79. The van der Waals surface area contributed by atoms with Crippen LogP contribution < -0.4 is 11.1 Å². The van der Waals surface area contributed by atoms with Crippen molar-refractivity contribution < 1.29 is 0 Å². The van der Waals surface area contributed by atoms with Crippen LogP contribution in [0.5, 0.6) is 0 Å². The van der Waals surface area contributed by atoms with Gasteiger partial charge in [-0.3, -0.25) is 0 Å². The highest BCUT2D eigenvalue weighted by Gasteiger charge is 2.20. The van der Waals surface area contributed by atoms with Crippen LogP contribution in [0.1, 0.15) is 64.2 Å². The van der Waals surface area contributed by atoms with Crippen LogP contribution in [-0.2, 0) is 0 Å². The third kappa shape index (κ3) is 5.87. The van der Waals surface area contributed by atoms with Crippen LogP contribution in [0.25, 0.3) is 0 Å². The van der Waals surface area contributed by atoms with E-state index < -0.39 is 0 Å². The molecular weight excluding hydrogens is 208 g/mol. The van der Waals surface area contributed by atoms with Crippen LogP contribution in [-0.4, -0.2) is 19.1 Å². The van der Waals surface area contributed by atoms with E-state index in [2.05, 4.69) is 5.32 Å². The molecule has 0 aromatic rings. The van der Waals surface area contributed by atoms with Crippen molar-refractivity contribution in [2.24, 2.45) is 17.6 Å². The minimum atomic E-state index is 0.388. The minimum absolute atomic E-state index is 0.388. The molecule has 2 nitrogen and oxygen atoms in total. The zero-order valence-corrected chi connectivity index (χ0v) is 11.3. The van der Waals surface area contributed by atoms with E-state index in [4.69, 9.17) is 5.73 Å². The fraction of sp³-hybridized carbons (Fsp3) is 1.00. The molecule has 100 valence electrons. The summed E-state index contributed by atoms with van der Waals surface area (Å²) in [5.74, 6) is 2.00. The molecule has 0 heterocycles. The van der Waals surface area contributed by atoms with Gasteiger partial charge in [0.1, 0.15) is 0 Å². The second-order valence-electron chi connectivity index (χ2n) is 6.29. The first kappa shape index (κ1) is 13.4. The molecular formula is C15H30N2. The Morgan fingerprint density at radius 3 is 2.47 bits per heavy atom. The van der Waals surface area contributed by atoms with Gasteiger partial charge in [-0.15, -0.1) is 0 Å². The molecule has 0 aromatic carbocycles. The largest absolute Gasteiger partial charge is 0.327 e. The highest BCUT2D eigenvalue weighted by Crippen LogP contribution is 2.33. The van der Waals surface area contributed by atoms with Crippen molar-refractivity contribution in [3.8, 4) is 0 Å². The maximum absolute atomic E-state index is 6.20. The highest BCUT2D eigenvalue weighted by molar-refractivity contribution is 4.75. The van der Waals surface area contributed by atoms with Crippen LogP contribution in [0, 0.1) is 11.8 Å². The molecule has 2 aliphatic rings. The predicted molar refractivity (Wildman–Crippen MR) is 74.0 cm³/mol. The van der Waals surface area contributed by atoms with Crippen LogP contribution in [0.2, 0.25) is 0 Å². The maximum Gasteiger partial charge on any atom is 0.0167 e. The zero-order chi connectivity index (χ0) is 11.9. The molecule has 2 aliphatic carbocycles. The molecule has 0 aromatic heterocycles. The number of nitrogens with two attached hydrogens (primary N) is 1. The van der Waals surface area contributed by atoms with E-state index in [0.717, 1.165) is 18.4 Å². The lowest BCUT2D eigenvalue weighted by molar-refractivity contribution is 0.313. The summed E-state index contributed by atoms with van der Waals surface area (Å²) in [5, 5.41) is 3.53. The molecule has 2 fully saturated rings. The molecule has 2 heteroatoms. The van der Waals surface area contributed by atoms with Gasteiger partial charge in [-0.1, -0.05) is 44.9 Å². The van der Waals surface area contributed by atoms with Crippen LogP contribution >= 0.6 is 0 Å². The molecule has 2 rings (SSSR count). The lowest BCUT2D eigenvalue weighted by atomic mass is 9.85. The second kappa shape index (κ2) is 7.38. The summed E-state index contributed by atoms with van der Waals surface area (Å²) in [6, 6.07) is 0.388. The van der Waals surface area contributed by atoms with Gasteiger partial charge in [0.25, 0.3) is 0 Å². The molecule has 0 radical (unpaired) electrons. The number of nitrogens with one attached hydrogen (secondary N) is 1. The van der Waals surface area contributed by atoms with Crippen LogP contribution in [0.15, 0.2) is 0 Å². The number of hydrogen-bond donors (Lipinski definition) is 2. The predicted octanol–water partition coefficient (Wildman–Crippen LogP) is 3.06. The van der Waals surface area contributed by atoms with Crippen molar-refractivity contribution in [1.29, 1.82) is 0 Å². The molecule has 17 heavy (non-hydrogen) atoms. The van der Waals surface area contributed by atoms with Gasteiger partial charge >= 0.3 is 0 Å². The lowest BCUT2D eigenvalue weighted by Crippen LogP contribution is -2.36. The second-order valence-corrected chi connectivity index (χ2v) is 6.29. The molecule has 0 aliphatic heterocycles. The van der Waals surface area contributed by atoms with Gasteiger partial charge in [0.05, 0.1) is 0 Å². The van der Waals surface area contributed by atoms with Gasteiger partial charge in [0.2, 0.25) is 0 Å². The van der Waals surface area contributed by atoms with Crippen molar-refractivity contribution in [2.45, 2.75) is 70.3 Å². The summed E-state index contributed by atoms with van der Waals surface area (Å²) in [7, 11) is 0. The minimum Gasteiger partial charge on any atom is -0.327 e. The SMILES string of the molecule is NC(CNCCCC1CC1)CC1CCCCC1.